The molecule has 0 saturated carbocycles. The number of nitriles is 1. The van der Waals surface area contributed by atoms with Crippen molar-refractivity contribution in [2.75, 3.05) is 0 Å². The summed E-state index contributed by atoms with van der Waals surface area (Å²) in [4.78, 5) is 8.22. The fourth-order valence-electron chi connectivity index (χ4n) is 3.82. The van der Waals surface area contributed by atoms with Gasteiger partial charge in [-0.15, -0.1) is 0 Å². The molecule has 0 bridgehead atoms. The maximum absolute atomic E-state index is 9.73. The third-order valence-electron chi connectivity index (χ3n) is 4.71. The largest absolute Gasteiger partial charge is 0.370 e. The molecule has 0 radical (unpaired) electrons. The average Bonchev–Trinajstić information content (AvgIpc) is 2.54. The van der Waals surface area contributed by atoms with Crippen LogP contribution >= 0.6 is 0 Å². The molecule has 0 aliphatic heterocycles. The van der Waals surface area contributed by atoms with Crippen LogP contribution in [0, 0.1) is 11.3 Å². The predicted molar refractivity (Wildman–Crippen MR) is 91.5 cm³/mol. The topological polar surface area (TPSA) is 127 Å². The Hall–Kier alpha value is -2.55. The van der Waals surface area contributed by atoms with Gasteiger partial charge in [0.05, 0.1) is 11.3 Å². The zero-order valence-corrected chi connectivity index (χ0v) is 13.2. The Morgan fingerprint density at radius 2 is 1.35 bits per heavy atom. The van der Waals surface area contributed by atoms with E-state index in [4.69, 9.17) is 17.2 Å². The van der Waals surface area contributed by atoms with Crippen molar-refractivity contribution in [1.82, 2.24) is 0 Å². The number of nitrogens with two attached hydrogens (primary N) is 3. The van der Waals surface area contributed by atoms with Gasteiger partial charge in [0, 0.05) is 0 Å². The van der Waals surface area contributed by atoms with Gasteiger partial charge in [0.2, 0.25) is 5.96 Å². The molecule has 0 saturated heterocycles. The van der Waals surface area contributed by atoms with Crippen molar-refractivity contribution in [3.05, 3.63) is 27.8 Å². The molecule has 0 heterocycles. The molecule has 6 heteroatoms. The van der Waals surface area contributed by atoms with Gasteiger partial charge in [-0.1, -0.05) is 0 Å². The Morgan fingerprint density at radius 3 is 1.91 bits per heavy atom. The maximum Gasteiger partial charge on any atom is 0.223 e. The van der Waals surface area contributed by atoms with Crippen LogP contribution in [0.4, 0.5) is 5.69 Å². The smallest absolute Gasteiger partial charge is 0.223 e. The maximum atomic E-state index is 9.73. The first-order chi connectivity index (χ1) is 11.1. The van der Waals surface area contributed by atoms with Crippen LogP contribution in [0.2, 0.25) is 0 Å². The molecule has 23 heavy (non-hydrogen) atoms. The third-order valence-corrected chi connectivity index (χ3v) is 4.71. The number of guanidine groups is 2. The van der Waals surface area contributed by atoms with Crippen LogP contribution in [0.3, 0.4) is 0 Å². The van der Waals surface area contributed by atoms with Gasteiger partial charge < -0.3 is 17.2 Å². The lowest BCUT2D eigenvalue weighted by molar-refractivity contribution is 0.640. The van der Waals surface area contributed by atoms with Crippen molar-refractivity contribution < 1.29 is 0 Å². The molecule has 0 spiro atoms. The van der Waals surface area contributed by atoms with Crippen molar-refractivity contribution in [1.29, 1.82) is 5.26 Å². The van der Waals surface area contributed by atoms with Crippen LogP contribution in [0.5, 0.6) is 0 Å². The van der Waals surface area contributed by atoms with E-state index in [-0.39, 0.29) is 11.9 Å². The molecular formula is C17H22N6. The van der Waals surface area contributed by atoms with Crippen LogP contribution in [0.15, 0.2) is 9.98 Å². The molecule has 6 N–H and O–H groups in total. The van der Waals surface area contributed by atoms with Gasteiger partial charge in [-0.05, 0) is 73.6 Å². The summed E-state index contributed by atoms with van der Waals surface area (Å²) < 4.78 is 0. The van der Waals surface area contributed by atoms with Gasteiger partial charge >= 0.3 is 0 Å². The molecule has 1 aromatic carbocycles. The number of fused-ring (bicyclic) bond motifs is 3. The second-order valence-electron chi connectivity index (χ2n) is 6.17. The monoisotopic (exact) mass is 310 g/mol. The van der Waals surface area contributed by atoms with E-state index in [0.717, 1.165) is 44.1 Å². The lowest BCUT2D eigenvalue weighted by Crippen LogP contribution is -2.26. The first-order valence-corrected chi connectivity index (χ1v) is 8.15. The first-order valence-electron chi connectivity index (χ1n) is 8.15. The van der Waals surface area contributed by atoms with Crippen LogP contribution in [0.1, 0.15) is 53.5 Å². The van der Waals surface area contributed by atoms with E-state index in [1.165, 1.54) is 29.5 Å². The second kappa shape index (κ2) is 6.29. The van der Waals surface area contributed by atoms with E-state index >= 15 is 0 Å². The molecular weight excluding hydrogens is 288 g/mol. The minimum atomic E-state index is -0.128. The Bertz CT molecular complexity index is 735. The summed E-state index contributed by atoms with van der Waals surface area (Å²) in [5, 5.41) is 9.73. The number of nitrogens with zero attached hydrogens (tertiary/aromatic N) is 3. The molecule has 120 valence electrons. The van der Waals surface area contributed by atoms with Crippen LogP contribution < -0.4 is 17.2 Å². The predicted octanol–water partition coefficient (Wildman–Crippen LogP) is 1.54. The highest BCUT2D eigenvalue weighted by atomic mass is 15.1. The molecule has 0 atom stereocenters. The number of hydrogen-bond donors (Lipinski definition) is 3. The lowest BCUT2D eigenvalue weighted by Gasteiger charge is -2.28. The summed E-state index contributed by atoms with van der Waals surface area (Å²) in [6.45, 7) is 0. The van der Waals surface area contributed by atoms with E-state index in [9.17, 15) is 5.26 Å². The van der Waals surface area contributed by atoms with Gasteiger partial charge in [0.15, 0.2) is 5.96 Å². The summed E-state index contributed by atoms with van der Waals surface area (Å²) >= 11 is 0. The van der Waals surface area contributed by atoms with Crippen molar-refractivity contribution in [3.8, 4) is 6.07 Å². The van der Waals surface area contributed by atoms with Crippen LogP contribution in [-0.4, -0.2) is 11.9 Å². The van der Waals surface area contributed by atoms with Gasteiger partial charge in [-0.25, -0.2) is 4.99 Å². The number of rotatable bonds is 1. The summed E-state index contributed by atoms with van der Waals surface area (Å²) in [6.07, 6.45) is 8.63. The molecule has 3 rings (SSSR count). The fraction of sp³-hybridized carbons (Fsp3) is 0.471. The normalized spacial score (nSPS) is 16.9. The summed E-state index contributed by atoms with van der Waals surface area (Å²) in [6, 6.07) is 2.36. The van der Waals surface area contributed by atoms with E-state index in [0.29, 0.717) is 11.3 Å². The zero-order chi connectivity index (χ0) is 16.4. The first kappa shape index (κ1) is 15.3. The van der Waals surface area contributed by atoms with Crippen LogP contribution in [0.25, 0.3) is 0 Å². The highest BCUT2D eigenvalue weighted by molar-refractivity contribution is 5.94. The fourth-order valence-corrected chi connectivity index (χ4v) is 3.82. The molecule has 1 aromatic rings. The van der Waals surface area contributed by atoms with Gasteiger partial charge in [0.25, 0.3) is 0 Å². The Labute approximate surface area is 136 Å². The SMILES string of the molecule is N#Cc1c2c(c3c(c1N=C(N)N=C(N)N)CCCC3)CCCC2. The minimum absolute atomic E-state index is 0.00466. The molecule has 0 aromatic heterocycles. The molecule has 0 amide bonds. The van der Waals surface area contributed by atoms with Gasteiger partial charge in [0.1, 0.15) is 6.07 Å². The zero-order valence-electron chi connectivity index (χ0n) is 13.2. The Balaban J connectivity index is 2.26. The number of aliphatic imine (C=N–C) groups is 2. The standard InChI is InChI=1S/C17H22N6/c18-9-14-12-7-2-1-5-10(12)11-6-3-4-8-13(11)15(14)22-17(21)23-16(19)20/h1-8H2,(H6,19,20,21,22,23). The summed E-state index contributed by atoms with van der Waals surface area (Å²) in [7, 11) is 0. The van der Waals surface area contributed by atoms with Crippen LogP contribution in [-0.2, 0) is 25.7 Å². The molecule has 2 aliphatic rings. The van der Waals surface area contributed by atoms with Crippen molar-refractivity contribution >= 4 is 17.6 Å². The third kappa shape index (κ3) is 2.87. The van der Waals surface area contributed by atoms with Gasteiger partial charge in [-0.2, -0.15) is 10.3 Å². The minimum Gasteiger partial charge on any atom is -0.370 e. The summed E-state index contributed by atoms with van der Waals surface area (Å²) in [5.41, 5.74) is 23.0. The molecule has 6 nitrogen and oxygen atoms in total. The highest BCUT2D eigenvalue weighted by Crippen LogP contribution is 2.41. The van der Waals surface area contributed by atoms with E-state index in [1.54, 1.807) is 0 Å². The quantitative estimate of drug-likeness (QED) is 0.537. The molecule has 0 fully saturated rings. The van der Waals surface area contributed by atoms with E-state index in [1.807, 2.05) is 0 Å². The molecule has 2 aliphatic carbocycles. The van der Waals surface area contributed by atoms with Crippen molar-refractivity contribution in [2.24, 2.45) is 27.2 Å². The van der Waals surface area contributed by atoms with Crippen molar-refractivity contribution in [3.63, 3.8) is 0 Å². The average molecular weight is 310 g/mol. The lowest BCUT2D eigenvalue weighted by atomic mass is 9.77. The Morgan fingerprint density at radius 1 is 0.826 bits per heavy atom. The Kier molecular flexibility index (Phi) is 4.20. The number of hydrogen-bond acceptors (Lipinski definition) is 2. The highest BCUT2D eigenvalue weighted by Gasteiger charge is 2.26. The number of benzene rings is 1. The van der Waals surface area contributed by atoms with E-state index in [2.05, 4.69) is 16.1 Å². The summed E-state index contributed by atoms with van der Waals surface area (Å²) in [5.74, 6) is -0.124. The van der Waals surface area contributed by atoms with Crippen molar-refractivity contribution in [2.45, 2.75) is 51.4 Å². The second-order valence-corrected chi connectivity index (χ2v) is 6.17. The van der Waals surface area contributed by atoms with E-state index < -0.39 is 0 Å². The van der Waals surface area contributed by atoms with Gasteiger partial charge in [-0.3, -0.25) is 0 Å². The molecule has 0 unspecified atom stereocenters.